The average molecular weight is 189 g/mol. The highest BCUT2D eigenvalue weighted by molar-refractivity contribution is 5.84. The summed E-state index contributed by atoms with van der Waals surface area (Å²) in [5.74, 6) is 0. The molecular weight excluding hydrogens is 174 g/mol. The topological polar surface area (TPSA) is 25.2 Å². The van der Waals surface area contributed by atoms with E-state index in [1.165, 1.54) is 5.52 Å². The summed E-state index contributed by atoms with van der Waals surface area (Å²) >= 11 is 0. The summed E-state index contributed by atoms with van der Waals surface area (Å²) in [6.07, 6.45) is 1.67. The van der Waals surface area contributed by atoms with Crippen molar-refractivity contribution < 1.29 is 5.11 Å². The van der Waals surface area contributed by atoms with Crippen LogP contribution in [0.25, 0.3) is 10.9 Å². The third kappa shape index (κ3) is 1.32. The first-order valence-corrected chi connectivity index (χ1v) is 5.00. The number of aromatic nitrogens is 1. The number of nitrogens with zero attached hydrogens (tertiary/aromatic N) is 1. The maximum absolute atomic E-state index is 9.59. The Bertz CT molecular complexity index is 443. The molecule has 1 N–H and O–H groups in total. The molecule has 74 valence electrons. The summed E-state index contributed by atoms with van der Waals surface area (Å²) in [5, 5.41) is 10.8. The van der Waals surface area contributed by atoms with Gasteiger partial charge in [0.15, 0.2) is 0 Å². The molecular formula is C12H15NO. The van der Waals surface area contributed by atoms with Crippen LogP contribution >= 0.6 is 0 Å². The Hall–Kier alpha value is -1.28. The second-order valence-electron chi connectivity index (χ2n) is 3.56. The molecule has 0 saturated heterocycles. The number of aliphatic hydroxyl groups is 1. The van der Waals surface area contributed by atoms with Gasteiger partial charge in [-0.05, 0) is 31.5 Å². The number of benzene rings is 1. The SMILES string of the molecule is CCn1ccc2c(C(C)O)cccc21. The van der Waals surface area contributed by atoms with Crippen molar-refractivity contribution in [3.8, 4) is 0 Å². The van der Waals surface area contributed by atoms with Crippen LogP contribution in [-0.4, -0.2) is 9.67 Å². The Labute approximate surface area is 83.8 Å². The van der Waals surface area contributed by atoms with E-state index in [2.05, 4.69) is 29.8 Å². The molecule has 0 aliphatic carbocycles. The van der Waals surface area contributed by atoms with Gasteiger partial charge in [0.1, 0.15) is 0 Å². The molecule has 0 aliphatic rings. The fraction of sp³-hybridized carbons (Fsp3) is 0.333. The Morgan fingerprint density at radius 2 is 2.14 bits per heavy atom. The third-order valence-corrected chi connectivity index (χ3v) is 2.64. The van der Waals surface area contributed by atoms with Crippen molar-refractivity contribution in [1.29, 1.82) is 0 Å². The van der Waals surface area contributed by atoms with Gasteiger partial charge in [-0.15, -0.1) is 0 Å². The van der Waals surface area contributed by atoms with Crippen molar-refractivity contribution >= 4 is 10.9 Å². The molecule has 2 nitrogen and oxygen atoms in total. The Morgan fingerprint density at radius 1 is 1.36 bits per heavy atom. The van der Waals surface area contributed by atoms with Crippen molar-refractivity contribution in [2.75, 3.05) is 0 Å². The molecule has 1 aromatic heterocycles. The molecule has 0 fully saturated rings. The monoisotopic (exact) mass is 189 g/mol. The van der Waals surface area contributed by atoms with Crippen LogP contribution in [0.15, 0.2) is 30.5 Å². The van der Waals surface area contributed by atoms with Gasteiger partial charge in [-0.3, -0.25) is 0 Å². The zero-order chi connectivity index (χ0) is 10.1. The Balaban J connectivity index is 2.70. The lowest BCUT2D eigenvalue weighted by Gasteiger charge is -2.07. The van der Waals surface area contributed by atoms with Crippen molar-refractivity contribution in [2.24, 2.45) is 0 Å². The minimum atomic E-state index is -0.397. The van der Waals surface area contributed by atoms with E-state index in [-0.39, 0.29) is 0 Å². The highest BCUT2D eigenvalue weighted by Crippen LogP contribution is 2.24. The van der Waals surface area contributed by atoms with E-state index < -0.39 is 6.10 Å². The van der Waals surface area contributed by atoms with Gasteiger partial charge in [0.2, 0.25) is 0 Å². The van der Waals surface area contributed by atoms with E-state index >= 15 is 0 Å². The fourth-order valence-corrected chi connectivity index (χ4v) is 1.89. The second-order valence-corrected chi connectivity index (χ2v) is 3.56. The normalized spacial score (nSPS) is 13.4. The average Bonchev–Trinajstić information content (AvgIpc) is 2.59. The van der Waals surface area contributed by atoms with Gasteiger partial charge in [-0.1, -0.05) is 12.1 Å². The number of hydrogen-bond donors (Lipinski definition) is 1. The van der Waals surface area contributed by atoms with Gasteiger partial charge < -0.3 is 9.67 Å². The van der Waals surface area contributed by atoms with Gasteiger partial charge >= 0.3 is 0 Å². The minimum absolute atomic E-state index is 0.397. The Morgan fingerprint density at radius 3 is 2.79 bits per heavy atom. The summed E-state index contributed by atoms with van der Waals surface area (Å²) in [6, 6.07) is 8.13. The zero-order valence-electron chi connectivity index (χ0n) is 8.57. The third-order valence-electron chi connectivity index (χ3n) is 2.64. The van der Waals surface area contributed by atoms with E-state index in [0.29, 0.717) is 0 Å². The van der Waals surface area contributed by atoms with Crippen LogP contribution in [0.3, 0.4) is 0 Å². The van der Waals surface area contributed by atoms with Gasteiger partial charge in [0, 0.05) is 23.6 Å². The lowest BCUT2D eigenvalue weighted by Crippen LogP contribution is -1.94. The molecule has 0 saturated carbocycles. The van der Waals surface area contributed by atoms with Gasteiger partial charge in [-0.2, -0.15) is 0 Å². The summed E-state index contributed by atoms with van der Waals surface area (Å²) in [4.78, 5) is 0. The number of fused-ring (bicyclic) bond motifs is 1. The predicted molar refractivity (Wildman–Crippen MR) is 58.2 cm³/mol. The minimum Gasteiger partial charge on any atom is -0.389 e. The molecule has 2 rings (SSSR count). The predicted octanol–water partition coefficient (Wildman–Crippen LogP) is 2.71. The molecule has 1 aromatic carbocycles. The molecule has 2 heteroatoms. The van der Waals surface area contributed by atoms with Crippen LogP contribution in [0.5, 0.6) is 0 Å². The molecule has 0 radical (unpaired) electrons. The number of hydrogen-bond acceptors (Lipinski definition) is 1. The molecule has 0 spiro atoms. The Kier molecular flexibility index (Phi) is 2.30. The van der Waals surface area contributed by atoms with Crippen LogP contribution in [0, 0.1) is 0 Å². The van der Waals surface area contributed by atoms with E-state index in [4.69, 9.17) is 0 Å². The lowest BCUT2D eigenvalue weighted by molar-refractivity contribution is 0.201. The van der Waals surface area contributed by atoms with Crippen molar-refractivity contribution in [1.82, 2.24) is 4.57 Å². The molecule has 1 heterocycles. The lowest BCUT2D eigenvalue weighted by atomic mass is 10.1. The first kappa shape index (κ1) is 9.28. The highest BCUT2D eigenvalue weighted by Gasteiger charge is 2.07. The molecule has 0 aliphatic heterocycles. The maximum atomic E-state index is 9.59. The highest BCUT2D eigenvalue weighted by atomic mass is 16.3. The van der Waals surface area contributed by atoms with Gasteiger partial charge in [-0.25, -0.2) is 0 Å². The fourth-order valence-electron chi connectivity index (χ4n) is 1.89. The quantitative estimate of drug-likeness (QED) is 0.772. The second kappa shape index (κ2) is 3.46. The maximum Gasteiger partial charge on any atom is 0.0768 e. The molecule has 0 amide bonds. The first-order valence-electron chi connectivity index (χ1n) is 5.00. The standard InChI is InChI=1S/C12H15NO/c1-3-13-8-7-11-10(9(2)14)5-4-6-12(11)13/h4-9,14H,3H2,1-2H3. The number of rotatable bonds is 2. The number of aryl methyl sites for hydroxylation is 1. The van der Waals surface area contributed by atoms with Crippen molar-refractivity contribution in [2.45, 2.75) is 26.5 Å². The largest absolute Gasteiger partial charge is 0.389 e. The van der Waals surface area contributed by atoms with E-state index in [0.717, 1.165) is 17.5 Å². The summed E-state index contributed by atoms with van der Waals surface area (Å²) in [6.45, 7) is 4.89. The van der Waals surface area contributed by atoms with Crippen LogP contribution in [-0.2, 0) is 6.54 Å². The molecule has 0 bridgehead atoms. The van der Waals surface area contributed by atoms with Gasteiger partial charge in [0.25, 0.3) is 0 Å². The van der Waals surface area contributed by atoms with Crippen LogP contribution in [0.1, 0.15) is 25.5 Å². The summed E-state index contributed by atoms with van der Waals surface area (Å²) in [5.41, 5.74) is 2.21. The molecule has 14 heavy (non-hydrogen) atoms. The molecule has 1 atom stereocenters. The number of aliphatic hydroxyl groups excluding tert-OH is 1. The molecule has 1 unspecified atom stereocenters. The smallest absolute Gasteiger partial charge is 0.0768 e. The van der Waals surface area contributed by atoms with Crippen LogP contribution in [0.4, 0.5) is 0 Å². The van der Waals surface area contributed by atoms with Crippen LogP contribution in [0.2, 0.25) is 0 Å². The first-order chi connectivity index (χ1) is 6.74. The molecule has 2 aromatic rings. The van der Waals surface area contributed by atoms with E-state index in [1.54, 1.807) is 6.92 Å². The van der Waals surface area contributed by atoms with Crippen molar-refractivity contribution in [3.05, 3.63) is 36.0 Å². The summed E-state index contributed by atoms with van der Waals surface area (Å²) in [7, 11) is 0. The van der Waals surface area contributed by atoms with Crippen LogP contribution < -0.4 is 0 Å². The van der Waals surface area contributed by atoms with E-state index in [1.807, 2.05) is 12.1 Å². The van der Waals surface area contributed by atoms with Gasteiger partial charge in [0.05, 0.1) is 6.10 Å². The van der Waals surface area contributed by atoms with Crippen molar-refractivity contribution in [3.63, 3.8) is 0 Å². The van der Waals surface area contributed by atoms with E-state index in [9.17, 15) is 5.11 Å². The summed E-state index contributed by atoms with van der Waals surface area (Å²) < 4.78 is 2.18. The zero-order valence-corrected chi connectivity index (χ0v) is 8.57.